The first kappa shape index (κ1) is 25.3. The molecule has 0 saturated heterocycles. The molecule has 1 heterocycles. The summed E-state index contributed by atoms with van der Waals surface area (Å²) in [5.74, 6) is -0.754. The number of hydrogen-bond acceptors (Lipinski definition) is 6. The van der Waals surface area contributed by atoms with Gasteiger partial charge in [0.25, 0.3) is 5.91 Å². The molecule has 0 aliphatic heterocycles. The Morgan fingerprint density at radius 1 is 1.11 bits per heavy atom. The van der Waals surface area contributed by atoms with Crippen LogP contribution in [0, 0.1) is 18.6 Å². The fourth-order valence-corrected chi connectivity index (χ4v) is 3.11. The predicted octanol–water partition coefficient (Wildman–Crippen LogP) is 4.19. The zero-order valence-corrected chi connectivity index (χ0v) is 19.4. The predicted molar refractivity (Wildman–Crippen MR) is 132 cm³/mol. The standard InChI is InChI=1S/C25H26F2N6O2/c1-4-22(34)33(3)21-14-19(10-11-20(21)27)31-25-30-15-16(2)23(32-25)28-12-5-13-29-24(35)17-6-8-18(26)9-7-17/h4,6-11,14-15H,1,5,12-13H2,2-3H3,(H,29,35)(H2,28,30,31,32). The number of anilines is 4. The van der Waals surface area contributed by atoms with Crippen molar-refractivity contribution in [2.75, 3.05) is 35.7 Å². The van der Waals surface area contributed by atoms with Crippen LogP contribution in [0.3, 0.4) is 0 Å². The summed E-state index contributed by atoms with van der Waals surface area (Å²) in [7, 11) is 1.46. The maximum atomic E-state index is 14.2. The summed E-state index contributed by atoms with van der Waals surface area (Å²) >= 11 is 0. The normalized spacial score (nSPS) is 10.4. The lowest BCUT2D eigenvalue weighted by molar-refractivity contribution is -0.113. The molecule has 8 nitrogen and oxygen atoms in total. The number of nitrogens with zero attached hydrogens (tertiary/aromatic N) is 3. The van der Waals surface area contributed by atoms with Crippen LogP contribution in [0.4, 0.5) is 31.9 Å². The third-order valence-corrected chi connectivity index (χ3v) is 5.08. The molecule has 0 bridgehead atoms. The van der Waals surface area contributed by atoms with E-state index >= 15 is 0 Å². The van der Waals surface area contributed by atoms with Gasteiger partial charge < -0.3 is 20.9 Å². The molecule has 3 aromatic rings. The number of hydrogen-bond donors (Lipinski definition) is 3. The van der Waals surface area contributed by atoms with Gasteiger partial charge >= 0.3 is 0 Å². The van der Waals surface area contributed by atoms with E-state index in [1.54, 1.807) is 6.20 Å². The zero-order chi connectivity index (χ0) is 25.4. The van der Waals surface area contributed by atoms with Gasteiger partial charge in [0.1, 0.15) is 17.5 Å². The topological polar surface area (TPSA) is 99.3 Å². The van der Waals surface area contributed by atoms with Crippen molar-refractivity contribution in [3.05, 3.63) is 84.1 Å². The highest BCUT2D eigenvalue weighted by molar-refractivity contribution is 6.01. The van der Waals surface area contributed by atoms with Crippen LogP contribution in [0.5, 0.6) is 0 Å². The summed E-state index contributed by atoms with van der Waals surface area (Å²) in [5.41, 5.74) is 1.81. The Morgan fingerprint density at radius 2 is 1.86 bits per heavy atom. The van der Waals surface area contributed by atoms with Crippen molar-refractivity contribution < 1.29 is 18.4 Å². The van der Waals surface area contributed by atoms with E-state index in [2.05, 4.69) is 32.5 Å². The second-order valence-electron chi connectivity index (χ2n) is 7.66. The minimum atomic E-state index is -0.549. The molecule has 1 aromatic heterocycles. The molecule has 182 valence electrons. The number of halogens is 2. The molecule has 0 saturated carbocycles. The second kappa shape index (κ2) is 11.7. The molecule has 3 N–H and O–H groups in total. The van der Waals surface area contributed by atoms with E-state index in [0.29, 0.717) is 36.6 Å². The van der Waals surface area contributed by atoms with Gasteiger partial charge in [-0.05, 0) is 61.9 Å². The summed E-state index contributed by atoms with van der Waals surface area (Å²) < 4.78 is 27.2. The van der Waals surface area contributed by atoms with E-state index in [1.165, 1.54) is 49.5 Å². The number of nitrogens with one attached hydrogen (secondary N) is 3. The smallest absolute Gasteiger partial charge is 0.251 e. The quantitative estimate of drug-likeness (QED) is 0.297. The lowest BCUT2D eigenvalue weighted by Gasteiger charge is -2.17. The number of aryl methyl sites for hydroxylation is 1. The molecule has 35 heavy (non-hydrogen) atoms. The Hall–Kier alpha value is -4.34. The van der Waals surface area contributed by atoms with Crippen LogP contribution in [0.15, 0.2) is 61.3 Å². The number of carbonyl (C=O) groups is 2. The molecule has 0 aliphatic rings. The Labute approximate surface area is 202 Å². The highest BCUT2D eigenvalue weighted by atomic mass is 19.1. The minimum absolute atomic E-state index is 0.0908. The number of rotatable bonds is 10. The third-order valence-electron chi connectivity index (χ3n) is 5.08. The van der Waals surface area contributed by atoms with E-state index in [1.807, 2.05) is 6.92 Å². The molecule has 0 aliphatic carbocycles. The first-order valence-corrected chi connectivity index (χ1v) is 10.9. The van der Waals surface area contributed by atoms with Gasteiger partial charge in [0.2, 0.25) is 11.9 Å². The zero-order valence-electron chi connectivity index (χ0n) is 19.4. The molecule has 2 aromatic carbocycles. The van der Waals surface area contributed by atoms with Crippen molar-refractivity contribution in [2.24, 2.45) is 0 Å². The Balaban J connectivity index is 1.56. The van der Waals surface area contributed by atoms with Crippen LogP contribution in [0.2, 0.25) is 0 Å². The van der Waals surface area contributed by atoms with Crippen molar-refractivity contribution in [1.29, 1.82) is 0 Å². The molecule has 10 heteroatoms. The molecule has 2 amide bonds. The van der Waals surface area contributed by atoms with Gasteiger partial charge in [-0.1, -0.05) is 6.58 Å². The van der Waals surface area contributed by atoms with Crippen LogP contribution >= 0.6 is 0 Å². The van der Waals surface area contributed by atoms with E-state index in [4.69, 9.17) is 0 Å². The van der Waals surface area contributed by atoms with Crippen LogP contribution in [0.25, 0.3) is 0 Å². The molecular formula is C25H26F2N6O2. The molecule has 3 rings (SSSR count). The lowest BCUT2D eigenvalue weighted by atomic mass is 10.2. The summed E-state index contributed by atoms with van der Waals surface area (Å²) in [6, 6.07) is 9.60. The molecule has 0 radical (unpaired) electrons. The monoisotopic (exact) mass is 480 g/mol. The molecular weight excluding hydrogens is 454 g/mol. The average molecular weight is 481 g/mol. The molecule has 0 unspecified atom stereocenters. The number of aromatic nitrogens is 2. The Bertz CT molecular complexity index is 1220. The highest BCUT2D eigenvalue weighted by Gasteiger charge is 2.14. The maximum absolute atomic E-state index is 14.2. The number of benzene rings is 2. The van der Waals surface area contributed by atoms with Gasteiger partial charge in [0.05, 0.1) is 5.69 Å². The Kier molecular flexibility index (Phi) is 8.44. The van der Waals surface area contributed by atoms with Crippen LogP contribution in [-0.4, -0.2) is 41.9 Å². The van der Waals surface area contributed by atoms with Crippen LogP contribution in [-0.2, 0) is 4.79 Å². The number of carbonyl (C=O) groups excluding carboxylic acids is 2. The summed E-state index contributed by atoms with van der Waals surface area (Å²) in [4.78, 5) is 33.8. The molecule has 0 fully saturated rings. The van der Waals surface area contributed by atoms with Gasteiger partial charge in [-0.15, -0.1) is 0 Å². The summed E-state index contributed by atoms with van der Waals surface area (Å²) in [6.07, 6.45) is 3.38. The first-order chi connectivity index (χ1) is 16.8. The van der Waals surface area contributed by atoms with E-state index in [-0.39, 0.29) is 17.5 Å². The fraction of sp³-hybridized carbons (Fsp3) is 0.200. The minimum Gasteiger partial charge on any atom is -0.370 e. The number of likely N-dealkylation sites (N-methyl/N-ethyl adjacent to an activating group) is 1. The second-order valence-corrected chi connectivity index (χ2v) is 7.66. The van der Waals surface area contributed by atoms with Gasteiger partial charge in [-0.2, -0.15) is 4.98 Å². The Morgan fingerprint density at radius 3 is 2.57 bits per heavy atom. The van der Waals surface area contributed by atoms with Gasteiger partial charge in [-0.3, -0.25) is 9.59 Å². The SMILES string of the molecule is C=CC(=O)N(C)c1cc(Nc2ncc(C)c(NCCCNC(=O)c3ccc(F)cc3)n2)ccc1F. The van der Waals surface area contributed by atoms with Crippen molar-refractivity contribution in [3.63, 3.8) is 0 Å². The molecule has 0 spiro atoms. The summed E-state index contributed by atoms with van der Waals surface area (Å²) in [5, 5.41) is 9.00. The maximum Gasteiger partial charge on any atom is 0.251 e. The summed E-state index contributed by atoms with van der Waals surface area (Å²) in [6.45, 7) is 6.23. The van der Waals surface area contributed by atoms with Gasteiger partial charge in [0.15, 0.2) is 0 Å². The van der Waals surface area contributed by atoms with E-state index in [0.717, 1.165) is 16.5 Å². The van der Waals surface area contributed by atoms with Gasteiger partial charge in [-0.25, -0.2) is 13.8 Å². The highest BCUT2D eigenvalue weighted by Crippen LogP contribution is 2.25. The third kappa shape index (κ3) is 6.83. The molecule has 0 atom stereocenters. The van der Waals surface area contributed by atoms with Crippen LogP contribution < -0.4 is 20.9 Å². The largest absolute Gasteiger partial charge is 0.370 e. The van der Waals surface area contributed by atoms with Crippen molar-refractivity contribution in [2.45, 2.75) is 13.3 Å². The fourth-order valence-electron chi connectivity index (χ4n) is 3.11. The lowest BCUT2D eigenvalue weighted by Crippen LogP contribution is -2.26. The van der Waals surface area contributed by atoms with Gasteiger partial charge in [0, 0.05) is 43.1 Å². The average Bonchev–Trinajstić information content (AvgIpc) is 2.86. The first-order valence-electron chi connectivity index (χ1n) is 10.9. The number of amides is 2. The van der Waals surface area contributed by atoms with Crippen molar-refractivity contribution in [3.8, 4) is 0 Å². The van der Waals surface area contributed by atoms with Crippen molar-refractivity contribution in [1.82, 2.24) is 15.3 Å². The van der Waals surface area contributed by atoms with E-state index < -0.39 is 17.5 Å². The van der Waals surface area contributed by atoms with E-state index in [9.17, 15) is 18.4 Å². The van der Waals surface area contributed by atoms with Crippen LogP contribution in [0.1, 0.15) is 22.3 Å². The van der Waals surface area contributed by atoms with Crippen molar-refractivity contribution >= 4 is 35.0 Å².